The van der Waals surface area contributed by atoms with Gasteiger partial charge in [0, 0.05) is 33.4 Å². The van der Waals surface area contributed by atoms with E-state index in [2.05, 4.69) is 10.4 Å². The lowest BCUT2D eigenvalue weighted by atomic mass is 9.98. The number of likely N-dealkylation sites (tertiary alicyclic amines) is 1. The molecule has 3 rings (SSSR count). The maximum absolute atomic E-state index is 12.8. The number of likely N-dealkylation sites (N-methyl/N-ethyl adjacent to an activating group) is 1. The van der Waals surface area contributed by atoms with Crippen molar-refractivity contribution in [2.75, 3.05) is 20.1 Å². The van der Waals surface area contributed by atoms with Crippen LogP contribution in [0.3, 0.4) is 0 Å². The van der Waals surface area contributed by atoms with Gasteiger partial charge in [-0.1, -0.05) is 13.8 Å². The lowest BCUT2D eigenvalue weighted by Gasteiger charge is -2.35. The molecule has 0 radical (unpaired) electrons. The quantitative estimate of drug-likeness (QED) is 0.878. The zero-order chi connectivity index (χ0) is 16.0. The molecule has 2 fully saturated rings. The van der Waals surface area contributed by atoms with Gasteiger partial charge in [0.25, 0.3) is 5.91 Å². The molecule has 120 valence electrons. The number of aryl methyl sites for hydroxylation is 1. The monoisotopic (exact) mass is 305 g/mol. The molecule has 2 saturated heterocycles. The fraction of sp³-hybridized carbons (Fsp3) is 0.667. The number of hydrogen-bond acceptors (Lipinski definition) is 3. The molecule has 0 aliphatic carbocycles. The van der Waals surface area contributed by atoms with Crippen LogP contribution in [0, 0.1) is 0 Å². The number of rotatable bonds is 2. The average Bonchev–Trinajstić information content (AvgIpc) is 2.99. The highest BCUT2D eigenvalue weighted by Crippen LogP contribution is 2.24. The maximum atomic E-state index is 12.8. The van der Waals surface area contributed by atoms with Gasteiger partial charge in [0.1, 0.15) is 0 Å². The van der Waals surface area contributed by atoms with Gasteiger partial charge < -0.3 is 15.1 Å². The molecule has 2 aliphatic heterocycles. The third kappa shape index (κ3) is 2.34. The predicted molar refractivity (Wildman–Crippen MR) is 81.7 cm³/mol. The first-order chi connectivity index (χ1) is 10.4. The largest absolute Gasteiger partial charge is 0.336 e. The highest BCUT2D eigenvalue weighted by molar-refractivity contribution is 5.95. The molecular formula is C15H23N5O2. The summed E-state index contributed by atoms with van der Waals surface area (Å²) in [4.78, 5) is 28.2. The molecule has 0 unspecified atom stereocenters. The number of nitrogens with one attached hydrogen (secondary N) is 1. The Kier molecular flexibility index (Phi) is 3.58. The maximum Gasteiger partial charge on any atom is 0.317 e. The topological polar surface area (TPSA) is 70.5 Å². The number of nitrogens with zero attached hydrogens (tertiary/aromatic N) is 4. The Morgan fingerprint density at radius 3 is 2.82 bits per heavy atom. The van der Waals surface area contributed by atoms with Crippen molar-refractivity contribution in [3.8, 4) is 0 Å². The number of urea groups is 1. The Labute approximate surface area is 130 Å². The third-order valence-corrected chi connectivity index (χ3v) is 4.62. The van der Waals surface area contributed by atoms with Crippen LogP contribution in [0.1, 0.15) is 42.2 Å². The van der Waals surface area contributed by atoms with E-state index in [1.165, 1.54) is 0 Å². The number of fused-ring (bicyclic) bond motifs is 1. The SMILES string of the molecule is CC(C)c1nn(C)cc1C(=O)N1CC[C@H]2[C@@H](C1)NC(=O)N2C. The van der Waals surface area contributed by atoms with E-state index in [9.17, 15) is 9.59 Å². The first kappa shape index (κ1) is 14.9. The van der Waals surface area contributed by atoms with E-state index in [1.807, 2.05) is 32.8 Å². The van der Waals surface area contributed by atoms with Gasteiger partial charge in [-0.15, -0.1) is 0 Å². The molecule has 7 nitrogen and oxygen atoms in total. The van der Waals surface area contributed by atoms with Crippen molar-refractivity contribution in [1.29, 1.82) is 0 Å². The summed E-state index contributed by atoms with van der Waals surface area (Å²) < 4.78 is 1.69. The van der Waals surface area contributed by atoms with E-state index in [0.29, 0.717) is 18.7 Å². The van der Waals surface area contributed by atoms with Crippen molar-refractivity contribution in [3.63, 3.8) is 0 Å². The molecule has 2 aliphatic rings. The zero-order valence-corrected chi connectivity index (χ0v) is 13.5. The minimum atomic E-state index is -0.0476. The predicted octanol–water partition coefficient (Wildman–Crippen LogP) is 0.782. The lowest BCUT2D eigenvalue weighted by Crippen LogP contribution is -2.52. The Morgan fingerprint density at radius 2 is 2.14 bits per heavy atom. The summed E-state index contributed by atoms with van der Waals surface area (Å²) in [7, 11) is 3.65. The molecule has 1 aromatic heterocycles. The van der Waals surface area contributed by atoms with E-state index >= 15 is 0 Å². The summed E-state index contributed by atoms with van der Waals surface area (Å²) in [5.74, 6) is 0.217. The van der Waals surface area contributed by atoms with E-state index in [1.54, 1.807) is 15.8 Å². The number of carbonyl (C=O) groups is 2. The first-order valence-electron chi connectivity index (χ1n) is 7.74. The molecule has 3 amide bonds. The number of piperidine rings is 1. The molecule has 2 atom stereocenters. The van der Waals surface area contributed by atoms with Crippen LogP contribution < -0.4 is 5.32 Å². The number of hydrogen-bond donors (Lipinski definition) is 1. The van der Waals surface area contributed by atoms with Crippen LogP contribution in [-0.4, -0.2) is 63.7 Å². The zero-order valence-electron chi connectivity index (χ0n) is 13.5. The second-order valence-electron chi connectivity index (χ2n) is 6.53. The Bertz CT molecular complexity index is 609. The van der Waals surface area contributed by atoms with E-state index in [4.69, 9.17) is 0 Å². The molecule has 1 aromatic rings. The number of aromatic nitrogens is 2. The molecule has 7 heteroatoms. The average molecular weight is 305 g/mol. The van der Waals surface area contributed by atoms with Crippen LogP contribution in [0.5, 0.6) is 0 Å². The van der Waals surface area contributed by atoms with Crippen molar-refractivity contribution in [2.24, 2.45) is 7.05 Å². The van der Waals surface area contributed by atoms with Crippen molar-refractivity contribution in [2.45, 2.75) is 38.3 Å². The molecule has 0 saturated carbocycles. The first-order valence-corrected chi connectivity index (χ1v) is 7.74. The third-order valence-electron chi connectivity index (χ3n) is 4.62. The van der Waals surface area contributed by atoms with Gasteiger partial charge in [-0.2, -0.15) is 5.10 Å². The van der Waals surface area contributed by atoms with Crippen molar-refractivity contribution < 1.29 is 9.59 Å². The van der Waals surface area contributed by atoms with Crippen molar-refractivity contribution >= 4 is 11.9 Å². The van der Waals surface area contributed by atoms with Gasteiger partial charge in [-0.05, 0) is 12.3 Å². The van der Waals surface area contributed by atoms with Crippen molar-refractivity contribution in [1.82, 2.24) is 24.9 Å². The minimum absolute atomic E-state index is 0.0130. The highest BCUT2D eigenvalue weighted by atomic mass is 16.2. The van der Waals surface area contributed by atoms with Crippen LogP contribution in [0.15, 0.2) is 6.20 Å². The van der Waals surface area contributed by atoms with Gasteiger partial charge >= 0.3 is 6.03 Å². The van der Waals surface area contributed by atoms with Gasteiger partial charge in [0.05, 0.1) is 23.3 Å². The highest BCUT2D eigenvalue weighted by Gasteiger charge is 2.42. The molecule has 1 N–H and O–H groups in total. The van der Waals surface area contributed by atoms with E-state index in [-0.39, 0.29) is 29.9 Å². The molecule has 22 heavy (non-hydrogen) atoms. The van der Waals surface area contributed by atoms with E-state index in [0.717, 1.165) is 12.1 Å². The summed E-state index contributed by atoms with van der Waals surface area (Å²) in [6, 6.07) is 0.165. The lowest BCUT2D eigenvalue weighted by molar-refractivity contribution is 0.0664. The van der Waals surface area contributed by atoms with Gasteiger partial charge in [-0.25, -0.2) is 4.79 Å². The number of carbonyl (C=O) groups excluding carboxylic acids is 2. The van der Waals surface area contributed by atoms with E-state index < -0.39 is 0 Å². The summed E-state index contributed by atoms with van der Waals surface area (Å²) >= 11 is 0. The fourth-order valence-electron chi connectivity index (χ4n) is 3.41. The Hall–Kier alpha value is -2.05. The van der Waals surface area contributed by atoms with Gasteiger partial charge in [0.2, 0.25) is 0 Å². The number of amides is 3. The van der Waals surface area contributed by atoms with Gasteiger partial charge in [-0.3, -0.25) is 9.48 Å². The van der Waals surface area contributed by atoms with Gasteiger partial charge in [0.15, 0.2) is 0 Å². The molecule has 0 spiro atoms. The van der Waals surface area contributed by atoms with Crippen LogP contribution in [-0.2, 0) is 7.05 Å². The standard InChI is InChI=1S/C15H23N5O2/c1-9(2)13-10(7-18(3)17-13)14(21)20-6-5-12-11(8-20)16-15(22)19(12)4/h7,9,11-12H,5-6,8H2,1-4H3,(H,16,22)/t11-,12+/m1/s1. The Balaban J connectivity index is 1.78. The summed E-state index contributed by atoms with van der Waals surface area (Å²) in [5.41, 5.74) is 1.51. The summed E-state index contributed by atoms with van der Waals surface area (Å²) in [6.45, 7) is 5.31. The summed E-state index contributed by atoms with van der Waals surface area (Å²) in [6.07, 6.45) is 2.60. The molecular weight excluding hydrogens is 282 g/mol. The van der Waals surface area contributed by atoms with Crippen LogP contribution in [0.2, 0.25) is 0 Å². The second-order valence-corrected chi connectivity index (χ2v) is 6.53. The normalized spacial score (nSPS) is 24.7. The molecule has 0 aromatic carbocycles. The smallest absolute Gasteiger partial charge is 0.317 e. The molecule has 3 heterocycles. The molecule has 0 bridgehead atoms. The van der Waals surface area contributed by atoms with Crippen molar-refractivity contribution in [3.05, 3.63) is 17.5 Å². The Morgan fingerprint density at radius 1 is 1.41 bits per heavy atom. The summed E-state index contributed by atoms with van der Waals surface area (Å²) in [5, 5.41) is 7.36. The minimum Gasteiger partial charge on any atom is -0.336 e. The van der Waals surface area contributed by atoms with Crippen LogP contribution in [0.25, 0.3) is 0 Å². The fourth-order valence-corrected chi connectivity index (χ4v) is 3.41. The van der Waals surface area contributed by atoms with Crippen LogP contribution in [0.4, 0.5) is 4.79 Å². The van der Waals surface area contributed by atoms with Crippen LogP contribution >= 0.6 is 0 Å². The second kappa shape index (κ2) is 5.30.